The Morgan fingerprint density at radius 1 is 1.29 bits per heavy atom. The fourth-order valence-electron chi connectivity index (χ4n) is 1.50. The van der Waals surface area contributed by atoms with E-state index in [0.717, 1.165) is 6.07 Å². The highest BCUT2D eigenvalue weighted by Gasteiger charge is 2.09. The van der Waals surface area contributed by atoms with E-state index in [9.17, 15) is 13.6 Å². The fourth-order valence-corrected chi connectivity index (χ4v) is 1.50. The molecule has 0 fully saturated rings. The van der Waals surface area contributed by atoms with Crippen LogP contribution < -0.4 is 10.6 Å². The van der Waals surface area contributed by atoms with Crippen LogP contribution in [0.1, 0.15) is 12.5 Å². The maximum atomic E-state index is 12.9. The zero-order valence-corrected chi connectivity index (χ0v) is 9.89. The lowest BCUT2D eigenvalue weighted by molar-refractivity contribution is -0.122. The van der Waals surface area contributed by atoms with Gasteiger partial charge < -0.3 is 10.6 Å². The summed E-state index contributed by atoms with van der Waals surface area (Å²) in [5, 5.41) is 5.47. The van der Waals surface area contributed by atoms with Gasteiger partial charge in [0, 0.05) is 13.1 Å². The second-order valence-corrected chi connectivity index (χ2v) is 3.82. The highest BCUT2D eigenvalue weighted by atomic mass is 19.1. The van der Waals surface area contributed by atoms with Gasteiger partial charge in [0.05, 0.1) is 6.04 Å². The van der Waals surface area contributed by atoms with Crippen molar-refractivity contribution >= 4 is 5.91 Å². The first-order valence-corrected chi connectivity index (χ1v) is 5.43. The van der Waals surface area contributed by atoms with Gasteiger partial charge in [-0.2, -0.15) is 0 Å². The van der Waals surface area contributed by atoms with Gasteiger partial charge in [0.1, 0.15) is 11.6 Å². The molecule has 1 unspecified atom stereocenters. The molecule has 0 heterocycles. The number of rotatable bonds is 5. The van der Waals surface area contributed by atoms with Crippen LogP contribution in [0.25, 0.3) is 0 Å². The highest BCUT2D eigenvalue weighted by Crippen LogP contribution is 2.08. The number of benzene rings is 1. The molecule has 1 amide bonds. The van der Waals surface area contributed by atoms with Crippen LogP contribution in [0.5, 0.6) is 0 Å². The summed E-state index contributed by atoms with van der Waals surface area (Å²) in [4.78, 5) is 11.2. The Kier molecular flexibility index (Phi) is 5.03. The minimum atomic E-state index is -0.584. The molecule has 0 aliphatic rings. The summed E-state index contributed by atoms with van der Waals surface area (Å²) >= 11 is 0. The minimum Gasteiger partial charge on any atom is -0.358 e. The van der Waals surface area contributed by atoms with Crippen LogP contribution in [0.3, 0.4) is 0 Å². The second-order valence-electron chi connectivity index (χ2n) is 3.82. The molecule has 0 spiro atoms. The zero-order chi connectivity index (χ0) is 12.8. The average molecular weight is 242 g/mol. The molecule has 1 rings (SSSR count). The van der Waals surface area contributed by atoms with E-state index in [2.05, 4.69) is 10.6 Å². The van der Waals surface area contributed by atoms with Gasteiger partial charge in [0.15, 0.2) is 0 Å². The maximum absolute atomic E-state index is 12.9. The van der Waals surface area contributed by atoms with Gasteiger partial charge in [0.25, 0.3) is 0 Å². The lowest BCUT2D eigenvalue weighted by Crippen LogP contribution is -2.41. The number of hydrogen-bond acceptors (Lipinski definition) is 2. The first-order chi connectivity index (χ1) is 8.02. The van der Waals surface area contributed by atoms with Crippen LogP contribution in [0.15, 0.2) is 18.2 Å². The summed E-state index contributed by atoms with van der Waals surface area (Å²) in [6.07, 6.45) is 0.468. The number of carbonyl (C=O) groups excluding carboxylic acids is 1. The monoisotopic (exact) mass is 242 g/mol. The molecular weight excluding hydrogens is 226 g/mol. The van der Waals surface area contributed by atoms with Crippen molar-refractivity contribution in [3.05, 3.63) is 35.4 Å². The van der Waals surface area contributed by atoms with E-state index >= 15 is 0 Å². The van der Waals surface area contributed by atoms with E-state index in [-0.39, 0.29) is 11.9 Å². The van der Waals surface area contributed by atoms with Gasteiger partial charge in [-0.15, -0.1) is 0 Å². The quantitative estimate of drug-likeness (QED) is 0.815. The van der Waals surface area contributed by atoms with E-state index in [1.165, 1.54) is 12.1 Å². The lowest BCUT2D eigenvalue weighted by Gasteiger charge is -2.12. The van der Waals surface area contributed by atoms with Crippen LogP contribution in [-0.2, 0) is 11.2 Å². The summed E-state index contributed by atoms with van der Waals surface area (Å²) in [5.74, 6) is -1.28. The Bertz CT molecular complexity index is 376. The Morgan fingerprint density at radius 3 is 2.41 bits per heavy atom. The smallest absolute Gasteiger partial charge is 0.236 e. The normalized spacial score (nSPS) is 12.2. The molecule has 0 bridgehead atoms. The molecule has 0 saturated carbocycles. The molecule has 1 atom stereocenters. The summed E-state index contributed by atoms with van der Waals surface area (Å²) in [6.45, 7) is 2.21. The Morgan fingerprint density at radius 2 is 1.88 bits per heavy atom. The van der Waals surface area contributed by atoms with Gasteiger partial charge in [-0.3, -0.25) is 4.79 Å². The third-order valence-corrected chi connectivity index (χ3v) is 2.43. The van der Waals surface area contributed by atoms with Gasteiger partial charge in [-0.05, 0) is 37.6 Å². The van der Waals surface area contributed by atoms with E-state index in [1.54, 1.807) is 14.0 Å². The second kappa shape index (κ2) is 6.30. The first-order valence-electron chi connectivity index (χ1n) is 5.43. The number of likely N-dealkylation sites (N-methyl/N-ethyl adjacent to an activating group) is 1. The SMILES string of the molecule is CNC(=O)C(C)NCCc1cc(F)cc(F)c1. The van der Waals surface area contributed by atoms with Crippen molar-refractivity contribution in [2.45, 2.75) is 19.4 Å². The third-order valence-electron chi connectivity index (χ3n) is 2.43. The molecule has 1 aromatic rings. The largest absolute Gasteiger partial charge is 0.358 e. The number of amides is 1. The molecule has 0 saturated heterocycles. The highest BCUT2D eigenvalue weighted by molar-refractivity contribution is 5.80. The molecule has 3 nitrogen and oxygen atoms in total. The average Bonchev–Trinajstić information content (AvgIpc) is 2.26. The summed E-state index contributed by atoms with van der Waals surface area (Å²) in [5.41, 5.74) is 0.569. The van der Waals surface area contributed by atoms with Gasteiger partial charge in [0.2, 0.25) is 5.91 Å². The van der Waals surface area contributed by atoms with Crippen LogP contribution in [0, 0.1) is 11.6 Å². The molecular formula is C12H16F2N2O. The molecule has 5 heteroatoms. The molecule has 94 valence electrons. The Labute approximate surface area is 99.2 Å². The summed E-state index contributed by atoms with van der Waals surface area (Å²) in [6, 6.07) is 3.09. The summed E-state index contributed by atoms with van der Waals surface area (Å²) < 4.78 is 25.7. The van der Waals surface area contributed by atoms with E-state index < -0.39 is 11.6 Å². The number of carbonyl (C=O) groups is 1. The molecule has 0 aromatic heterocycles. The van der Waals surface area contributed by atoms with E-state index in [1.807, 2.05) is 0 Å². The van der Waals surface area contributed by atoms with Crippen LogP contribution in [-0.4, -0.2) is 25.5 Å². The molecule has 0 radical (unpaired) electrons. The third kappa shape index (κ3) is 4.48. The van der Waals surface area contributed by atoms with Crippen molar-refractivity contribution in [3.8, 4) is 0 Å². The maximum Gasteiger partial charge on any atom is 0.236 e. The van der Waals surface area contributed by atoms with Crippen molar-refractivity contribution in [2.75, 3.05) is 13.6 Å². The standard InChI is InChI=1S/C12H16F2N2O/c1-8(12(17)15-2)16-4-3-9-5-10(13)7-11(14)6-9/h5-8,16H,3-4H2,1-2H3,(H,15,17). The van der Waals surface area contributed by atoms with Gasteiger partial charge >= 0.3 is 0 Å². The van der Waals surface area contributed by atoms with Crippen molar-refractivity contribution in [2.24, 2.45) is 0 Å². The summed E-state index contributed by atoms with van der Waals surface area (Å²) in [7, 11) is 1.56. The molecule has 17 heavy (non-hydrogen) atoms. The van der Waals surface area contributed by atoms with Crippen LogP contribution in [0.2, 0.25) is 0 Å². The Hall–Kier alpha value is -1.49. The van der Waals surface area contributed by atoms with Crippen molar-refractivity contribution in [3.63, 3.8) is 0 Å². The molecule has 2 N–H and O–H groups in total. The zero-order valence-electron chi connectivity index (χ0n) is 9.89. The van der Waals surface area contributed by atoms with Crippen molar-refractivity contribution < 1.29 is 13.6 Å². The first kappa shape index (κ1) is 13.6. The topological polar surface area (TPSA) is 41.1 Å². The Balaban J connectivity index is 2.43. The number of hydrogen-bond donors (Lipinski definition) is 2. The number of halogens is 2. The predicted molar refractivity (Wildman–Crippen MR) is 61.6 cm³/mol. The van der Waals surface area contributed by atoms with Crippen LogP contribution >= 0.6 is 0 Å². The van der Waals surface area contributed by atoms with E-state index in [4.69, 9.17) is 0 Å². The van der Waals surface area contributed by atoms with E-state index in [0.29, 0.717) is 18.5 Å². The van der Waals surface area contributed by atoms with Crippen molar-refractivity contribution in [1.82, 2.24) is 10.6 Å². The van der Waals surface area contributed by atoms with Gasteiger partial charge in [-0.1, -0.05) is 0 Å². The van der Waals surface area contributed by atoms with Crippen molar-refractivity contribution in [1.29, 1.82) is 0 Å². The molecule has 0 aliphatic carbocycles. The lowest BCUT2D eigenvalue weighted by atomic mass is 10.1. The minimum absolute atomic E-state index is 0.115. The van der Waals surface area contributed by atoms with Gasteiger partial charge in [-0.25, -0.2) is 8.78 Å². The van der Waals surface area contributed by atoms with Crippen LogP contribution in [0.4, 0.5) is 8.78 Å². The molecule has 0 aliphatic heterocycles. The fraction of sp³-hybridized carbons (Fsp3) is 0.417. The predicted octanol–water partition coefficient (Wildman–Crippen LogP) is 1.23. The molecule has 1 aromatic carbocycles. The number of nitrogens with one attached hydrogen (secondary N) is 2.